The highest BCUT2D eigenvalue weighted by Gasteiger charge is 2.04. The van der Waals surface area contributed by atoms with Crippen LogP contribution in [0.2, 0.25) is 0 Å². The van der Waals surface area contributed by atoms with Gasteiger partial charge in [0.05, 0.1) is 6.61 Å². The molecule has 0 saturated heterocycles. The minimum absolute atomic E-state index is 0.521. The van der Waals surface area contributed by atoms with E-state index in [1.54, 1.807) is 14.2 Å². The zero-order chi connectivity index (χ0) is 10.6. The highest BCUT2D eigenvalue weighted by molar-refractivity contribution is 4.64. The van der Waals surface area contributed by atoms with Gasteiger partial charge in [-0.1, -0.05) is 13.3 Å². The molecule has 3 nitrogen and oxygen atoms in total. The molecule has 0 aliphatic heterocycles. The SMILES string of the molecule is CCCC(COC)NCCCCOC. The van der Waals surface area contributed by atoms with E-state index in [2.05, 4.69) is 12.2 Å². The zero-order valence-corrected chi connectivity index (χ0v) is 9.84. The number of hydrogen-bond acceptors (Lipinski definition) is 3. The molecule has 0 aromatic rings. The summed E-state index contributed by atoms with van der Waals surface area (Å²) in [7, 11) is 3.51. The molecule has 1 N–H and O–H groups in total. The van der Waals surface area contributed by atoms with Crippen LogP contribution in [0.1, 0.15) is 32.6 Å². The van der Waals surface area contributed by atoms with Crippen LogP contribution in [0.5, 0.6) is 0 Å². The summed E-state index contributed by atoms with van der Waals surface area (Å²) in [5.41, 5.74) is 0. The number of ether oxygens (including phenoxy) is 2. The molecule has 0 amide bonds. The van der Waals surface area contributed by atoms with Crippen molar-refractivity contribution in [2.45, 2.75) is 38.6 Å². The van der Waals surface area contributed by atoms with Crippen molar-refractivity contribution in [3.8, 4) is 0 Å². The summed E-state index contributed by atoms with van der Waals surface area (Å²) in [6, 6.07) is 0.521. The van der Waals surface area contributed by atoms with Gasteiger partial charge in [-0.3, -0.25) is 0 Å². The maximum absolute atomic E-state index is 5.15. The normalized spacial score (nSPS) is 13.1. The molecule has 0 aliphatic carbocycles. The van der Waals surface area contributed by atoms with Gasteiger partial charge in [0.2, 0.25) is 0 Å². The fraction of sp³-hybridized carbons (Fsp3) is 1.00. The number of unbranched alkanes of at least 4 members (excludes halogenated alkanes) is 1. The maximum atomic E-state index is 5.15. The van der Waals surface area contributed by atoms with Gasteiger partial charge in [-0.15, -0.1) is 0 Å². The molecule has 0 heterocycles. The first kappa shape index (κ1) is 13.9. The fourth-order valence-electron chi connectivity index (χ4n) is 1.47. The molecule has 0 radical (unpaired) electrons. The number of rotatable bonds is 10. The molecular formula is C11H25NO2. The Balaban J connectivity index is 3.30. The highest BCUT2D eigenvalue weighted by Crippen LogP contribution is 1.97. The quantitative estimate of drug-likeness (QED) is 0.549. The Kier molecular flexibility index (Phi) is 10.9. The third-order valence-corrected chi connectivity index (χ3v) is 2.21. The van der Waals surface area contributed by atoms with Gasteiger partial charge in [-0.25, -0.2) is 0 Å². The van der Waals surface area contributed by atoms with E-state index in [0.29, 0.717) is 6.04 Å². The molecule has 0 aliphatic rings. The fourth-order valence-corrected chi connectivity index (χ4v) is 1.47. The maximum Gasteiger partial charge on any atom is 0.0615 e. The van der Waals surface area contributed by atoms with Crippen molar-refractivity contribution >= 4 is 0 Å². The van der Waals surface area contributed by atoms with Crippen LogP contribution in [0.25, 0.3) is 0 Å². The van der Waals surface area contributed by atoms with E-state index in [1.165, 1.54) is 19.3 Å². The van der Waals surface area contributed by atoms with Crippen LogP contribution in [0.3, 0.4) is 0 Å². The molecule has 86 valence electrons. The number of hydrogen-bond donors (Lipinski definition) is 1. The lowest BCUT2D eigenvalue weighted by molar-refractivity contribution is 0.160. The van der Waals surface area contributed by atoms with Crippen molar-refractivity contribution in [3.05, 3.63) is 0 Å². The molecule has 0 rings (SSSR count). The van der Waals surface area contributed by atoms with E-state index in [4.69, 9.17) is 9.47 Å². The average Bonchev–Trinajstić information content (AvgIpc) is 2.18. The predicted molar refractivity (Wildman–Crippen MR) is 59.7 cm³/mol. The second kappa shape index (κ2) is 11.0. The molecular weight excluding hydrogens is 178 g/mol. The van der Waals surface area contributed by atoms with E-state index in [9.17, 15) is 0 Å². The average molecular weight is 203 g/mol. The van der Waals surface area contributed by atoms with Gasteiger partial charge < -0.3 is 14.8 Å². The van der Waals surface area contributed by atoms with Crippen molar-refractivity contribution in [1.82, 2.24) is 5.32 Å². The Morgan fingerprint density at radius 3 is 2.50 bits per heavy atom. The summed E-state index contributed by atoms with van der Waals surface area (Å²) < 4.78 is 10.1. The van der Waals surface area contributed by atoms with E-state index >= 15 is 0 Å². The largest absolute Gasteiger partial charge is 0.385 e. The molecule has 1 atom stereocenters. The van der Waals surface area contributed by atoms with Crippen LogP contribution >= 0.6 is 0 Å². The van der Waals surface area contributed by atoms with Gasteiger partial charge in [0.1, 0.15) is 0 Å². The Morgan fingerprint density at radius 1 is 1.14 bits per heavy atom. The van der Waals surface area contributed by atoms with E-state index < -0.39 is 0 Å². The smallest absolute Gasteiger partial charge is 0.0615 e. The summed E-state index contributed by atoms with van der Waals surface area (Å²) >= 11 is 0. The topological polar surface area (TPSA) is 30.5 Å². The molecule has 0 aromatic carbocycles. The lowest BCUT2D eigenvalue weighted by atomic mass is 10.2. The number of nitrogens with one attached hydrogen (secondary N) is 1. The van der Waals surface area contributed by atoms with Crippen LogP contribution in [-0.2, 0) is 9.47 Å². The van der Waals surface area contributed by atoms with Crippen molar-refractivity contribution < 1.29 is 9.47 Å². The van der Waals surface area contributed by atoms with E-state index in [-0.39, 0.29) is 0 Å². The van der Waals surface area contributed by atoms with Gasteiger partial charge in [-0.05, 0) is 25.8 Å². The third-order valence-electron chi connectivity index (χ3n) is 2.21. The Morgan fingerprint density at radius 2 is 1.93 bits per heavy atom. The Labute approximate surface area is 88.2 Å². The second-order valence-corrected chi connectivity index (χ2v) is 3.59. The summed E-state index contributed by atoms with van der Waals surface area (Å²) in [6.07, 6.45) is 4.71. The summed E-state index contributed by atoms with van der Waals surface area (Å²) in [5.74, 6) is 0. The van der Waals surface area contributed by atoms with Gasteiger partial charge in [-0.2, -0.15) is 0 Å². The van der Waals surface area contributed by atoms with Gasteiger partial charge >= 0.3 is 0 Å². The lowest BCUT2D eigenvalue weighted by Crippen LogP contribution is -2.33. The van der Waals surface area contributed by atoms with Crippen LogP contribution in [0.4, 0.5) is 0 Å². The van der Waals surface area contributed by atoms with Crippen LogP contribution in [0.15, 0.2) is 0 Å². The molecule has 3 heteroatoms. The second-order valence-electron chi connectivity index (χ2n) is 3.59. The van der Waals surface area contributed by atoms with Gasteiger partial charge in [0, 0.05) is 26.9 Å². The van der Waals surface area contributed by atoms with Crippen LogP contribution < -0.4 is 5.32 Å². The monoisotopic (exact) mass is 203 g/mol. The first-order valence-electron chi connectivity index (χ1n) is 5.56. The first-order valence-corrected chi connectivity index (χ1v) is 5.56. The lowest BCUT2D eigenvalue weighted by Gasteiger charge is -2.16. The van der Waals surface area contributed by atoms with E-state index in [0.717, 1.165) is 26.2 Å². The minimum Gasteiger partial charge on any atom is -0.385 e. The summed E-state index contributed by atoms with van der Waals surface area (Å²) in [6.45, 7) is 4.95. The standard InChI is InChI=1S/C11H25NO2/c1-4-7-11(10-14-3)12-8-5-6-9-13-2/h11-12H,4-10H2,1-3H3. The number of methoxy groups -OCH3 is 2. The summed E-state index contributed by atoms with van der Waals surface area (Å²) in [5, 5.41) is 3.50. The van der Waals surface area contributed by atoms with Crippen molar-refractivity contribution in [2.24, 2.45) is 0 Å². The minimum atomic E-state index is 0.521. The summed E-state index contributed by atoms with van der Waals surface area (Å²) in [4.78, 5) is 0. The molecule has 0 fully saturated rings. The van der Waals surface area contributed by atoms with Gasteiger partial charge in [0.15, 0.2) is 0 Å². The molecule has 0 spiro atoms. The molecule has 0 saturated carbocycles. The van der Waals surface area contributed by atoms with Crippen LogP contribution in [-0.4, -0.2) is 40.0 Å². The molecule has 1 unspecified atom stereocenters. The first-order chi connectivity index (χ1) is 6.85. The zero-order valence-electron chi connectivity index (χ0n) is 9.84. The van der Waals surface area contributed by atoms with Crippen molar-refractivity contribution in [3.63, 3.8) is 0 Å². The molecule has 14 heavy (non-hydrogen) atoms. The molecule has 0 aromatic heterocycles. The van der Waals surface area contributed by atoms with Crippen LogP contribution in [0, 0.1) is 0 Å². The molecule has 0 bridgehead atoms. The Bertz CT molecular complexity index is 103. The Hall–Kier alpha value is -0.120. The van der Waals surface area contributed by atoms with Crippen molar-refractivity contribution in [2.75, 3.05) is 34.0 Å². The predicted octanol–water partition coefficient (Wildman–Crippen LogP) is 1.82. The van der Waals surface area contributed by atoms with E-state index in [1.807, 2.05) is 0 Å². The third kappa shape index (κ3) is 8.48. The highest BCUT2D eigenvalue weighted by atomic mass is 16.5. The van der Waals surface area contributed by atoms with Gasteiger partial charge in [0.25, 0.3) is 0 Å². The van der Waals surface area contributed by atoms with Crippen molar-refractivity contribution in [1.29, 1.82) is 0 Å².